The zero-order chi connectivity index (χ0) is 28.9. The molecule has 1 aliphatic rings. The number of benzene rings is 3. The van der Waals surface area contributed by atoms with Gasteiger partial charge in [0.2, 0.25) is 0 Å². The Labute approximate surface area is 245 Å². The highest BCUT2D eigenvalue weighted by Crippen LogP contribution is 2.23. The number of hydrogen-bond acceptors (Lipinski definition) is 6. The smallest absolute Gasteiger partial charge is 0.338 e. The van der Waals surface area contributed by atoms with Crippen molar-refractivity contribution in [1.29, 1.82) is 0 Å². The van der Waals surface area contributed by atoms with Crippen molar-refractivity contribution in [2.24, 2.45) is 0 Å². The molecule has 0 bridgehead atoms. The van der Waals surface area contributed by atoms with E-state index in [0.717, 1.165) is 66.4 Å². The van der Waals surface area contributed by atoms with Gasteiger partial charge in [0.1, 0.15) is 12.4 Å². The summed E-state index contributed by atoms with van der Waals surface area (Å²) < 4.78 is 7.60. The van der Waals surface area contributed by atoms with Crippen molar-refractivity contribution in [3.05, 3.63) is 120 Å². The number of hydrogen-bond donors (Lipinski definition) is 1. The predicted molar refractivity (Wildman–Crippen MR) is 166 cm³/mol. The number of aryl methyl sites for hydroxylation is 1. The molecule has 1 fully saturated rings. The number of nitrogens with zero attached hydrogens (tertiary/aromatic N) is 4. The van der Waals surface area contributed by atoms with E-state index in [-0.39, 0.29) is 18.5 Å². The Kier molecular flexibility index (Phi) is 7.85. The van der Waals surface area contributed by atoms with E-state index in [2.05, 4.69) is 43.9 Å². The van der Waals surface area contributed by atoms with Gasteiger partial charge in [-0.3, -0.25) is 4.79 Å². The Hall–Kier alpha value is -5.11. The minimum Gasteiger partial charge on any atom is -0.457 e. The fourth-order valence-electron chi connectivity index (χ4n) is 5.26. The molecule has 0 aliphatic carbocycles. The average Bonchev–Trinajstić information content (AvgIpc) is 3.47. The minimum atomic E-state index is -0.328. The Morgan fingerprint density at radius 1 is 0.833 bits per heavy atom. The fraction of sp³-hybridized carbons (Fsp3) is 0.206. The van der Waals surface area contributed by atoms with Gasteiger partial charge in [0.15, 0.2) is 0 Å². The first-order valence-electron chi connectivity index (χ1n) is 14.2. The highest BCUT2D eigenvalue weighted by molar-refractivity contribution is 6.05. The third-order valence-corrected chi connectivity index (χ3v) is 7.67. The number of piperazine rings is 1. The highest BCUT2D eigenvalue weighted by atomic mass is 16.5. The van der Waals surface area contributed by atoms with E-state index >= 15 is 0 Å². The van der Waals surface area contributed by atoms with Gasteiger partial charge in [-0.1, -0.05) is 36.4 Å². The Morgan fingerprint density at radius 2 is 1.57 bits per heavy atom. The van der Waals surface area contributed by atoms with Crippen LogP contribution >= 0.6 is 0 Å². The topological polar surface area (TPSA) is 79.7 Å². The monoisotopic (exact) mass is 559 g/mol. The van der Waals surface area contributed by atoms with Crippen LogP contribution in [0.2, 0.25) is 0 Å². The van der Waals surface area contributed by atoms with Gasteiger partial charge >= 0.3 is 5.97 Å². The van der Waals surface area contributed by atoms with Crippen LogP contribution in [0.1, 0.15) is 33.2 Å². The quantitative estimate of drug-likeness (QED) is 0.235. The number of nitrogens with one attached hydrogen (secondary N) is 1. The molecule has 8 nitrogen and oxygen atoms in total. The van der Waals surface area contributed by atoms with Gasteiger partial charge in [0.05, 0.1) is 16.6 Å². The first kappa shape index (κ1) is 27.1. The van der Waals surface area contributed by atoms with Gasteiger partial charge < -0.3 is 24.4 Å². The zero-order valence-electron chi connectivity index (χ0n) is 23.6. The van der Waals surface area contributed by atoms with Gasteiger partial charge in [0, 0.05) is 56.5 Å². The van der Waals surface area contributed by atoms with Crippen molar-refractivity contribution in [3.8, 4) is 0 Å². The molecule has 2 aromatic heterocycles. The van der Waals surface area contributed by atoms with Crippen molar-refractivity contribution >= 4 is 40.0 Å². The summed E-state index contributed by atoms with van der Waals surface area (Å²) in [7, 11) is 0. The molecule has 6 rings (SSSR count). The molecule has 5 aromatic rings. The predicted octanol–water partition coefficient (Wildman–Crippen LogP) is 5.99. The maximum Gasteiger partial charge on any atom is 0.338 e. The van der Waals surface area contributed by atoms with Crippen molar-refractivity contribution < 1.29 is 14.3 Å². The molecule has 0 atom stereocenters. The van der Waals surface area contributed by atoms with Crippen molar-refractivity contribution in [2.45, 2.75) is 20.1 Å². The summed E-state index contributed by atoms with van der Waals surface area (Å²) in [5.41, 5.74) is 4.95. The molecule has 1 saturated heterocycles. The first-order chi connectivity index (χ1) is 20.6. The molecule has 212 valence electrons. The molecule has 1 aliphatic heterocycles. The standard InChI is InChI=1S/C34H33N5O3/c1-2-37-17-16-26-8-12-29(22-31(26)37)36-33(40)28-11-15-32(35-23-28)39-20-18-38(19-21-39)30-13-9-27(10-14-30)34(41)42-24-25-6-4-3-5-7-25/h3-17,22-23H,2,18-21,24H2,1H3,(H,36,40). The third-order valence-electron chi connectivity index (χ3n) is 7.67. The number of anilines is 3. The molecule has 3 heterocycles. The Balaban J connectivity index is 1.01. The van der Waals surface area contributed by atoms with Gasteiger partial charge in [-0.05, 0) is 72.5 Å². The number of rotatable bonds is 8. The molecule has 42 heavy (non-hydrogen) atoms. The summed E-state index contributed by atoms with van der Waals surface area (Å²) in [6.07, 6.45) is 3.70. The minimum absolute atomic E-state index is 0.180. The number of ether oxygens (including phenoxy) is 1. The lowest BCUT2D eigenvalue weighted by Crippen LogP contribution is -2.46. The van der Waals surface area contributed by atoms with Crippen LogP contribution in [0.3, 0.4) is 0 Å². The first-order valence-corrected chi connectivity index (χ1v) is 14.2. The molecule has 3 aromatic carbocycles. The maximum absolute atomic E-state index is 12.9. The number of carbonyl (C=O) groups is 2. The largest absolute Gasteiger partial charge is 0.457 e. The Morgan fingerprint density at radius 3 is 2.29 bits per heavy atom. The van der Waals surface area contributed by atoms with Crippen LogP contribution in [-0.2, 0) is 17.9 Å². The average molecular weight is 560 g/mol. The number of aromatic nitrogens is 2. The summed E-state index contributed by atoms with van der Waals surface area (Å²) in [5.74, 6) is 0.344. The molecule has 0 unspecified atom stereocenters. The zero-order valence-corrected chi connectivity index (χ0v) is 23.6. The Bertz CT molecular complexity index is 1670. The van der Waals surface area contributed by atoms with Crippen molar-refractivity contribution in [3.63, 3.8) is 0 Å². The molecular formula is C34H33N5O3. The summed E-state index contributed by atoms with van der Waals surface area (Å²) in [6, 6.07) is 29.0. The molecule has 0 radical (unpaired) electrons. The van der Waals surface area contributed by atoms with Crippen LogP contribution in [-0.4, -0.2) is 47.6 Å². The second kappa shape index (κ2) is 12.2. The number of amides is 1. The normalized spacial score (nSPS) is 13.3. The van der Waals surface area contributed by atoms with Crippen LogP contribution in [0.15, 0.2) is 103 Å². The molecule has 1 amide bonds. The van der Waals surface area contributed by atoms with E-state index in [0.29, 0.717) is 11.1 Å². The molecular weight excluding hydrogens is 526 g/mol. The molecule has 1 N–H and O–H groups in total. The lowest BCUT2D eigenvalue weighted by molar-refractivity contribution is 0.0472. The lowest BCUT2D eigenvalue weighted by atomic mass is 10.1. The molecule has 0 spiro atoms. The van der Waals surface area contributed by atoms with Gasteiger partial charge in [-0.15, -0.1) is 0 Å². The van der Waals surface area contributed by atoms with Gasteiger partial charge in [-0.25, -0.2) is 9.78 Å². The van der Waals surface area contributed by atoms with Crippen molar-refractivity contribution in [1.82, 2.24) is 9.55 Å². The maximum atomic E-state index is 12.9. The van der Waals surface area contributed by atoms with E-state index in [1.165, 1.54) is 0 Å². The van der Waals surface area contributed by atoms with E-state index in [1.54, 1.807) is 6.20 Å². The number of carbonyl (C=O) groups excluding carboxylic acids is 2. The SMILES string of the molecule is CCn1ccc2ccc(NC(=O)c3ccc(N4CCN(c5ccc(C(=O)OCc6ccccc6)cc5)CC4)nc3)cc21. The highest BCUT2D eigenvalue weighted by Gasteiger charge is 2.19. The van der Waals surface area contributed by atoms with Crippen LogP contribution < -0.4 is 15.1 Å². The van der Waals surface area contributed by atoms with Crippen molar-refractivity contribution in [2.75, 3.05) is 41.3 Å². The number of esters is 1. The van der Waals surface area contributed by atoms with Gasteiger partial charge in [0.25, 0.3) is 5.91 Å². The lowest BCUT2D eigenvalue weighted by Gasteiger charge is -2.36. The third kappa shape index (κ3) is 5.98. The van der Waals surface area contributed by atoms with Gasteiger partial charge in [-0.2, -0.15) is 0 Å². The van der Waals surface area contributed by atoms with Crippen LogP contribution in [0.25, 0.3) is 10.9 Å². The summed E-state index contributed by atoms with van der Waals surface area (Å²) in [4.78, 5) is 34.4. The fourth-order valence-corrected chi connectivity index (χ4v) is 5.26. The summed E-state index contributed by atoms with van der Waals surface area (Å²) in [5, 5.41) is 4.15. The number of fused-ring (bicyclic) bond motifs is 1. The van der Waals surface area contributed by atoms with E-state index in [4.69, 9.17) is 4.74 Å². The molecule has 8 heteroatoms. The van der Waals surface area contributed by atoms with Crippen LogP contribution in [0.5, 0.6) is 0 Å². The van der Waals surface area contributed by atoms with Crippen LogP contribution in [0.4, 0.5) is 17.2 Å². The van der Waals surface area contributed by atoms with Crippen LogP contribution in [0, 0.1) is 0 Å². The molecule has 0 saturated carbocycles. The summed E-state index contributed by atoms with van der Waals surface area (Å²) in [6.45, 7) is 6.48. The van der Waals surface area contributed by atoms with E-state index in [9.17, 15) is 9.59 Å². The second-order valence-corrected chi connectivity index (χ2v) is 10.3. The number of pyridine rings is 1. The van der Waals surface area contributed by atoms with E-state index in [1.807, 2.05) is 84.9 Å². The van der Waals surface area contributed by atoms with E-state index < -0.39 is 0 Å². The summed E-state index contributed by atoms with van der Waals surface area (Å²) >= 11 is 0. The second-order valence-electron chi connectivity index (χ2n) is 10.3.